The average Bonchev–Trinajstić information content (AvgIpc) is 2.59. The SMILES string of the molecule is CCCC(=O)Nc1ccc(Cl)c(NC(=O)c2cc(Br)ccc2OC(C)C)c1. The molecule has 2 rings (SSSR count). The van der Waals surface area contributed by atoms with Crippen molar-refractivity contribution in [2.45, 2.75) is 39.7 Å². The third-order valence-corrected chi connectivity index (χ3v) is 4.35. The highest BCUT2D eigenvalue weighted by molar-refractivity contribution is 9.10. The van der Waals surface area contributed by atoms with Gasteiger partial charge in [-0.2, -0.15) is 0 Å². The van der Waals surface area contributed by atoms with Crippen molar-refractivity contribution in [3.8, 4) is 5.75 Å². The Bertz CT molecular complexity index is 840. The molecule has 0 fully saturated rings. The van der Waals surface area contributed by atoms with E-state index in [1.807, 2.05) is 26.8 Å². The maximum absolute atomic E-state index is 12.8. The Morgan fingerprint density at radius 3 is 2.56 bits per heavy atom. The second-order valence-electron chi connectivity index (χ2n) is 6.25. The lowest BCUT2D eigenvalue weighted by Crippen LogP contribution is -2.16. The van der Waals surface area contributed by atoms with Gasteiger partial charge >= 0.3 is 0 Å². The molecule has 2 aromatic rings. The molecular formula is C20H22BrClN2O3. The fraction of sp³-hybridized carbons (Fsp3) is 0.300. The molecule has 2 amide bonds. The number of hydrogen-bond donors (Lipinski definition) is 2. The van der Waals surface area contributed by atoms with Gasteiger partial charge in [-0.3, -0.25) is 9.59 Å². The molecule has 0 heterocycles. The fourth-order valence-corrected chi connectivity index (χ4v) is 2.90. The number of benzene rings is 2. The van der Waals surface area contributed by atoms with Gasteiger partial charge in [-0.15, -0.1) is 0 Å². The predicted octanol–water partition coefficient (Wildman–Crippen LogP) is 5.88. The van der Waals surface area contributed by atoms with Gasteiger partial charge in [0.1, 0.15) is 5.75 Å². The number of nitrogens with one attached hydrogen (secondary N) is 2. The number of rotatable bonds is 7. The first-order chi connectivity index (χ1) is 12.8. The number of hydrogen-bond acceptors (Lipinski definition) is 3. The highest BCUT2D eigenvalue weighted by atomic mass is 79.9. The van der Waals surface area contributed by atoms with E-state index in [0.29, 0.717) is 34.1 Å². The Hall–Kier alpha value is -2.05. The van der Waals surface area contributed by atoms with Gasteiger partial charge in [-0.1, -0.05) is 34.5 Å². The minimum absolute atomic E-state index is 0.0709. The molecule has 2 aromatic carbocycles. The summed E-state index contributed by atoms with van der Waals surface area (Å²) in [6, 6.07) is 10.2. The molecule has 2 N–H and O–H groups in total. The van der Waals surface area contributed by atoms with Gasteiger partial charge in [-0.25, -0.2) is 0 Å². The standard InChI is InChI=1S/C20H22BrClN2O3/c1-4-5-19(25)23-14-7-8-16(22)17(11-14)24-20(26)15-10-13(21)6-9-18(15)27-12(2)3/h6-12H,4-5H2,1-3H3,(H,23,25)(H,24,26). The van der Waals surface area contributed by atoms with E-state index in [1.54, 1.807) is 30.3 Å². The van der Waals surface area contributed by atoms with Crippen molar-refractivity contribution in [3.05, 3.63) is 51.5 Å². The van der Waals surface area contributed by atoms with Crippen LogP contribution >= 0.6 is 27.5 Å². The fourth-order valence-electron chi connectivity index (χ4n) is 2.38. The highest BCUT2D eigenvalue weighted by Crippen LogP contribution is 2.29. The summed E-state index contributed by atoms with van der Waals surface area (Å²) < 4.78 is 6.48. The van der Waals surface area contributed by atoms with Gasteiger partial charge in [0.25, 0.3) is 5.91 Å². The van der Waals surface area contributed by atoms with Crippen molar-refractivity contribution in [2.75, 3.05) is 10.6 Å². The van der Waals surface area contributed by atoms with E-state index in [4.69, 9.17) is 16.3 Å². The molecule has 0 radical (unpaired) electrons. The van der Waals surface area contributed by atoms with Crippen molar-refractivity contribution in [1.29, 1.82) is 0 Å². The molecule has 0 bridgehead atoms. The summed E-state index contributed by atoms with van der Waals surface area (Å²) in [7, 11) is 0. The van der Waals surface area contributed by atoms with E-state index < -0.39 is 0 Å². The first kappa shape index (κ1) is 21.3. The lowest BCUT2D eigenvalue weighted by Gasteiger charge is -2.15. The molecule has 144 valence electrons. The maximum atomic E-state index is 12.8. The van der Waals surface area contributed by atoms with Gasteiger partial charge in [0, 0.05) is 16.6 Å². The molecule has 0 aliphatic heterocycles. The molecule has 27 heavy (non-hydrogen) atoms. The minimum atomic E-state index is -0.356. The number of halogens is 2. The number of carbonyl (C=O) groups is 2. The second-order valence-corrected chi connectivity index (χ2v) is 7.58. The number of amides is 2. The third-order valence-electron chi connectivity index (χ3n) is 3.52. The lowest BCUT2D eigenvalue weighted by molar-refractivity contribution is -0.116. The number of carbonyl (C=O) groups excluding carboxylic acids is 2. The lowest BCUT2D eigenvalue weighted by atomic mass is 10.1. The van der Waals surface area contributed by atoms with Gasteiger partial charge in [0.2, 0.25) is 5.91 Å². The first-order valence-electron chi connectivity index (χ1n) is 8.67. The highest BCUT2D eigenvalue weighted by Gasteiger charge is 2.16. The van der Waals surface area contributed by atoms with Crippen molar-refractivity contribution < 1.29 is 14.3 Å². The Kier molecular flexibility index (Phi) is 7.68. The molecule has 7 heteroatoms. The zero-order valence-electron chi connectivity index (χ0n) is 15.4. The van der Waals surface area contributed by atoms with Crippen molar-refractivity contribution >= 4 is 50.7 Å². The van der Waals surface area contributed by atoms with Crippen LogP contribution in [0.5, 0.6) is 5.75 Å². The molecule has 0 atom stereocenters. The van der Waals surface area contributed by atoms with Gasteiger partial charge in [0.15, 0.2) is 0 Å². The monoisotopic (exact) mass is 452 g/mol. The zero-order chi connectivity index (χ0) is 20.0. The van der Waals surface area contributed by atoms with Crippen LogP contribution in [0.1, 0.15) is 44.0 Å². The molecule has 5 nitrogen and oxygen atoms in total. The molecule has 0 aliphatic carbocycles. The minimum Gasteiger partial charge on any atom is -0.490 e. The molecule has 0 aliphatic rings. The smallest absolute Gasteiger partial charge is 0.259 e. The van der Waals surface area contributed by atoms with Crippen LogP contribution in [0.25, 0.3) is 0 Å². The second kappa shape index (κ2) is 9.76. The number of anilines is 2. The normalized spacial score (nSPS) is 10.6. The first-order valence-corrected chi connectivity index (χ1v) is 9.84. The van der Waals surface area contributed by atoms with E-state index in [9.17, 15) is 9.59 Å². The van der Waals surface area contributed by atoms with Gasteiger partial charge in [-0.05, 0) is 56.7 Å². The van der Waals surface area contributed by atoms with Crippen LogP contribution in [0.2, 0.25) is 5.02 Å². The van der Waals surface area contributed by atoms with E-state index in [0.717, 1.165) is 10.9 Å². The van der Waals surface area contributed by atoms with E-state index >= 15 is 0 Å². The van der Waals surface area contributed by atoms with Crippen LogP contribution in [0.3, 0.4) is 0 Å². The largest absolute Gasteiger partial charge is 0.490 e. The van der Waals surface area contributed by atoms with E-state index in [1.165, 1.54) is 0 Å². The van der Waals surface area contributed by atoms with E-state index in [2.05, 4.69) is 26.6 Å². The Labute approximate surface area is 172 Å². The van der Waals surface area contributed by atoms with Crippen LogP contribution in [-0.4, -0.2) is 17.9 Å². The predicted molar refractivity (Wildman–Crippen MR) is 113 cm³/mol. The zero-order valence-corrected chi connectivity index (χ0v) is 17.8. The molecule has 0 saturated carbocycles. The Balaban J connectivity index is 2.25. The Morgan fingerprint density at radius 2 is 1.89 bits per heavy atom. The Morgan fingerprint density at radius 1 is 1.15 bits per heavy atom. The molecule has 0 aromatic heterocycles. The van der Waals surface area contributed by atoms with Gasteiger partial charge in [0.05, 0.1) is 22.4 Å². The summed E-state index contributed by atoms with van der Waals surface area (Å²) in [5, 5.41) is 5.95. The number of ether oxygens (including phenoxy) is 1. The van der Waals surface area contributed by atoms with Crippen molar-refractivity contribution in [1.82, 2.24) is 0 Å². The molecule has 0 unspecified atom stereocenters. The topological polar surface area (TPSA) is 67.4 Å². The van der Waals surface area contributed by atoms with E-state index in [-0.39, 0.29) is 17.9 Å². The summed E-state index contributed by atoms with van der Waals surface area (Å²) in [5.74, 6) is 0.0387. The average molecular weight is 454 g/mol. The summed E-state index contributed by atoms with van der Waals surface area (Å²) in [6.45, 7) is 5.72. The van der Waals surface area contributed by atoms with Crippen LogP contribution in [0.4, 0.5) is 11.4 Å². The molecule has 0 spiro atoms. The third kappa shape index (κ3) is 6.26. The van der Waals surface area contributed by atoms with Crippen molar-refractivity contribution in [3.63, 3.8) is 0 Å². The van der Waals surface area contributed by atoms with Crippen LogP contribution in [0.15, 0.2) is 40.9 Å². The van der Waals surface area contributed by atoms with Crippen LogP contribution in [0, 0.1) is 0 Å². The molecular weight excluding hydrogens is 432 g/mol. The summed E-state index contributed by atoms with van der Waals surface area (Å²) >= 11 is 9.59. The maximum Gasteiger partial charge on any atom is 0.259 e. The summed E-state index contributed by atoms with van der Waals surface area (Å²) in [5.41, 5.74) is 1.36. The summed E-state index contributed by atoms with van der Waals surface area (Å²) in [6.07, 6.45) is 1.11. The van der Waals surface area contributed by atoms with Crippen LogP contribution in [-0.2, 0) is 4.79 Å². The molecule has 0 saturated heterocycles. The quantitative estimate of drug-likeness (QED) is 0.550. The van der Waals surface area contributed by atoms with Crippen molar-refractivity contribution in [2.24, 2.45) is 0 Å². The van der Waals surface area contributed by atoms with Gasteiger partial charge < -0.3 is 15.4 Å². The van der Waals surface area contributed by atoms with Crippen LogP contribution < -0.4 is 15.4 Å². The summed E-state index contributed by atoms with van der Waals surface area (Å²) in [4.78, 5) is 24.6.